The summed E-state index contributed by atoms with van der Waals surface area (Å²) < 4.78 is 15.8. The van der Waals surface area contributed by atoms with Gasteiger partial charge in [-0.15, -0.1) is 0 Å². The molecule has 1 amide bonds. The maximum Gasteiger partial charge on any atom is 0.326 e. The number of Topliss-reactive ketones (excluding diaryl/α,β-unsaturated/α-hetero) is 1. The average Bonchev–Trinajstić information content (AvgIpc) is 2.88. The first-order valence-electron chi connectivity index (χ1n) is 9.94. The summed E-state index contributed by atoms with van der Waals surface area (Å²) in [5.74, 6) is -0.692. The van der Waals surface area contributed by atoms with E-state index in [2.05, 4.69) is 0 Å². The number of amides is 1. The van der Waals surface area contributed by atoms with Crippen LogP contribution in [0.3, 0.4) is 0 Å². The van der Waals surface area contributed by atoms with Crippen molar-refractivity contribution in [3.8, 4) is 11.5 Å². The summed E-state index contributed by atoms with van der Waals surface area (Å²) in [7, 11) is 3.13. The molecule has 156 valence electrons. The van der Waals surface area contributed by atoms with Crippen LogP contribution in [-0.4, -0.2) is 49.9 Å². The minimum atomic E-state index is -1.48. The predicted octanol–water partition coefficient (Wildman–Crippen LogP) is 2.67. The van der Waals surface area contributed by atoms with Crippen molar-refractivity contribution in [1.29, 1.82) is 0 Å². The van der Waals surface area contributed by atoms with E-state index in [9.17, 15) is 14.4 Å². The number of carbonyl (C=O) groups excluding carboxylic acids is 3. The van der Waals surface area contributed by atoms with E-state index in [1.54, 1.807) is 27.2 Å². The van der Waals surface area contributed by atoms with Gasteiger partial charge in [0, 0.05) is 12.2 Å². The Morgan fingerprint density at radius 3 is 2.59 bits per heavy atom. The number of carbonyl (C=O) groups is 3. The van der Waals surface area contributed by atoms with Gasteiger partial charge in [-0.1, -0.05) is 18.6 Å². The van der Waals surface area contributed by atoms with Crippen LogP contribution < -0.4 is 9.47 Å². The van der Waals surface area contributed by atoms with Crippen LogP contribution in [0.25, 0.3) is 0 Å². The van der Waals surface area contributed by atoms with E-state index >= 15 is 0 Å². The lowest BCUT2D eigenvalue weighted by Crippen LogP contribution is -2.39. The lowest BCUT2D eigenvalue weighted by atomic mass is 9.79. The topological polar surface area (TPSA) is 82.1 Å². The maximum atomic E-state index is 13.0. The highest BCUT2D eigenvalue weighted by Gasteiger charge is 2.61. The summed E-state index contributed by atoms with van der Waals surface area (Å²) in [5.41, 5.74) is -0.0593. The molecule has 1 aliphatic heterocycles. The van der Waals surface area contributed by atoms with E-state index in [0.29, 0.717) is 43.0 Å². The van der Waals surface area contributed by atoms with Crippen molar-refractivity contribution < 1.29 is 28.6 Å². The number of fused-ring (bicyclic) bond motifs is 1. The second-order valence-corrected chi connectivity index (χ2v) is 7.19. The zero-order valence-electron chi connectivity index (χ0n) is 17.2. The average molecular weight is 401 g/mol. The minimum Gasteiger partial charge on any atom is -0.493 e. The van der Waals surface area contributed by atoms with Gasteiger partial charge >= 0.3 is 5.97 Å². The number of likely N-dealkylation sites (tertiary alicyclic amines) is 1. The molecule has 7 heteroatoms. The van der Waals surface area contributed by atoms with Gasteiger partial charge in [0.1, 0.15) is 0 Å². The number of ketones is 1. The van der Waals surface area contributed by atoms with Gasteiger partial charge in [0.25, 0.3) is 5.91 Å². The van der Waals surface area contributed by atoms with Crippen molar-refractivity contribution >= 4 is 17.7 Å². The van der Waals surface area contributed by atoms with E-state index in [1.165, 1.54) is 4.90 Å². The van der Waals surface area contributed by atoms with Gasteiger partial charge < -0.3 is 19.1 Å². The number of hydrogen-bond donors (Lipinski definition) is 0. The smallest absolute Gasteiger partial charge is 0.326 e. The molecule has 1 atom stereocenters. The SMILES string of the molecule is CCOC(=O)C12CCCCC=C1N(CCc1ccc(OC)c(OC)c1)C(=O)C2=O. The van der Waals surface area contributed by atoms with E-state index in [0.717, 1.165) is 18.4 Å². The normalized spacial score (nSPS) is 21.3. The number of esters is 1. The van der Waals surface area contributed by atoms with Crippen LogP contribution in [0.5, 0.6) is 11.5 Å². The molecule has 7 nitrogen and oxygen atoms in total. The summed E-state index contributed by atoms with van der Waals surface area (Å²) in [6, 6.07) is 5.55. The van der Waals surface area contributed by atoms with Crippen LogP contribution >= 0.6 is 0 Å². The third-order valence-electron chi connectivity index (χ3n) is 5.59. The van der Waals surface area contributed by atoms with Crippen LogP contribution in [0.2, 0.25) is 0 Å². The fourth-order valence-corrected chi connectivity index (χ4v) is 4.11. The Bertz CT molecular complexity index is 846. The number of nitrogens with zero attached hydrogens (tertiary/aromatic N) is 1. The van der Waals surface area contributed by atoms with Crippen molar-refractivity contribution in [3.63, 3.8) is 0 Å². The summed E-state index contributed by atoms with van der Waals surface area (Å²) in [4.78, 5) is 40.0. The highest BCUT2D eigenvalue weighted by Crippen LogP contribution is 2.46. The number of benzene rings is 1. The molecule has 1 heterocycles. The quantitative estimate of drug-likeness (QED) is 0.397. The summed E-state index contributed by atoms with van der Waals surface area (Å²) >= 11 is 0. The number of allylic oxidation sites excluding steroid dienone is 1. The molecule has 0 bridgehead atoms. The molecule has 1 aromatic carbocycles. The Morgan fingerprint density at radius 2 is 1.90 bits per heavy atom. The first-order valence-corrected chi connectivity index (χ1v) is 9.94. The van der Waals surface area contributed by atoms with Gasteiger partial charge in [-0.25, -0.2) is 0 Å². The first-order chi connectivity index (χ1) is 14.0. The Morgan fingerprint density at radius 1 is 1.14 bits per heavy atom. The van der Waals surface area contributed by atoms with Crippen LogP contribution in [0.1, 0.15) is 38.2 Å². The lowest BCUT2D eigenvalue weighted by Gasteiger charge is -2.27. The molecule has 1 unspecified atom stereocenters. The summed E-state index contributed by atoms with van der Waals surface area (Å²) in [6.45, 7) is 2.17. The Hall–Kier alpha value is -2.83. The molecule has 0 aromatic heterocycles. The van der Waals surface area contributed by atoms with Gasteiger partial charge in [-0.3, -0.25) is 14.4 Å². The molecule has 1 fully saturated rings. The van der Waals surface area contributed by atoms with Crippen LogP contribution in [-0.2, 0) is 25.5 Å². The highest BCUT2D eigenvalue weighted by atomic mass is 16.5. The van der Waals surface area contributed by atoms with E-state index in [4.69, 9.17) is 14.2 Å². The van der Waals surface area contributed by atoms with E-state index < -0.39 is 23.1 Å². The fourth-order valence-electron chi connectivity index (χ4n) is 4.11. The molecular weight excluding hydrogens is 374 g/mol. The van der Waals surface area contributed by atoms with E-state index in [-0.39, 0.29) is 6.61 Å². The molecular formula is C22H27NO6. The Labute approximate surface area is 170 Å². The third kappa shape index (κ3) is 3.61. The van der Waals surface area contributed by atoms with Crippen molar-refractivity contribution in [1.82, 2.24) is 4.90 Å². The van der Waals surface area contributed by atoms with Crippen LogP contribution in [0.4, 0.5) is 0 Å². The molecule has 2 aliphatic rings. The first kappa shape index (κ1) is 20.9. The van der Waals surface area contributed by atoms with Gasteiger partial charge in [-0.05, 0) is 50.3 Å². The molecule has 1 aromatic rings. The van der Waals surface area contributed by atoms with Crippen LogP contribution in [0, 0.1) is 5.41 Å². The standard InChI is InChI=1S/C22H27NO6/c1-4-29-21(26)22-12-7-5-6-8-18(22)23(20(25)19(22)24)13-11-15-9-10-16(27-2)17(14-15)28-3/h8-10,14H,4-7,11-13H2,1-3H3. The molecule has 0 saturated carbocycles. The largest absolute Gasteiger partial charge is 0.493 e. The monoisotopic (exact) mass is 401 g/mol. The van der Waals surface area contributed by atoms with Crippen molar-refractivity contribution in [2.75, 3.05) is 27.4 Å². The number of hydrogen-bond acceptors (Lipinski definition) is 6. The van der Waals surface area contributed by atoms with Gasteiger partial charge in [-0.2, -0.15) is 0 Å². The molecule has 0 radical (unpaired) electrons. The zero-order valence-corrected chi connectivity index (χ0v) is 17.2. The van der Waals surface area contributed by atoms with E-state index in [1.807, 2.05) is 18.2 Å². The zero-order chi connectivity index (χ0) is 21.0. The van der Waals surface area contributed by atoms with Gasteiger partial charge in [0.05, 0.1) is 20.8 Å². The Kier molecular flexibility index (Phi) is 6.25. The number of ether oxygens (including phenoxy) is 3. The van der Waals surface area contributed by atoms with Crippen molar-refractivity contribution in [2.45, 2.75) is 39.0 Å². The third-order valence-corrected chi connectivity index (χ3v) is 5.59. The fraction of sp³-hybridized carbons (Fsp3) is 0.500. The highest BCUT2D eigenvalue weighted by molar-refractivity contribution is 6.46. The lowest BCUT2D eigenvalue weighted by molar-refractivity contribution is -0.158. The van der Waals surface area contributed by atoms with Gasteiger partial charge in [0.15, 0.2) is 16.9 Å². The number of rotatable bonds is 7. The molecule has 0 N–H and O–H groups in total. The summed E-state index contributed by atoms with van der Waals surface area (Å²) in [5, 5.41) is 0. The molecule has 1 saturated heterocycles. The molecule has 29 heavy (non-hydrogen) atoms. The minimum absolute atomic E-state index is 0.168. The molecule has 0 spiro atoms. The van der Waals surface area contributed by atoms with Crippen molar-refractivity contribution in [2.24, 2.45) is 5.41 Å². The van der Waals surface area contributed by atoms with Crippen LogP contribution in [0.15, 0.2) is 30.0 Å². The van der Waals surface area contributed by atoms with Crippen molar-refractivity contribution in [3.05, 3.63) is 35.5 Å². The molecule has 1 aliphatic carbocycles. The molecule has 3 rings (SSSR count). The second-order valence-electron chi connectivity index (χ2n) is 7.19. The maximum absolute atomic E-state index is 13.0. The predicted molar refractivity (Wildman–Crippen MR) is 106 cm³/mol. The summed E-state index contributed by atoms with van der Waals surface area (Å²) in [6.07, 6.45) is 4.98. The second kappa shape index (κ2) is 8.68. The Balaban J connectivity index is 1.88. The number of methoxy groups -OCH3 is 2. The van der Waals surface area contributed by atoms with Gasteiger partial charge in [0.2, 0.25) is 5.78 Å².